The van der Waals surface area contributed by atoms with E-state index in [-0.39, 0.29) is 24.0 Å². The molecular formula is C21H30IN3O4S. The topological polar surface area (TPSA) is 89.0 Å². The van der Waals surface area contributed by atoms with Crippen LogP contribution in [0.15, 0.2) is 58.4 Å². The highest BCUT2D eigenvalue weighted by molar-refractivity contribution is 14.0. The molecule has 9 heteroatoms. The minimum atomic E-state index is -3.19. The lowest BCUT2D eigenvalue weighted by molar-refractivity contribution is 0.172. The summed E-state index contributed by atoms with van der Waals surface area (Å²) in [5.41, 5.74) is 1.78. The second kappa shape index (κ2) is 13.5. The Kier molecular flexibility index (Phi) is 11.7. The van der Waals surface area contributed by atoms with Crippen molar-refractivity contribution in [3.8, 4) is 5.75 Å². The highest BCUT2D eigenvalue weighted by atomic mass is 127. The molecule has 0 bridgehead atoms. The molecule has 0 unspecified atom stereocenters. The monoisotopic (exact) mass is 547 g/mol. The predicted octanol–water partition coefficient (Wildman–Crippen LogP) is 3.70. The summed E-state index contributed by atoms with van der Waals surface area (Å²) >= 11 is 0. The number of guanidine groups is 1. The molecule has 2 aromatic rings. The highest BCUT2D eigenvalue weighted by Crippen LogP contribution is 2.18. The molecule has 30 heavy (non-hydrogen) atoms. The van der Waals surface area contributed by atoms with Crippen molar-refractivity contribution in [1.29, 1.82) is 0 Å². The van der Waals surface area contributed by atoms with Gasteiger partial charge in [0, 0.05) is 44.7 Å². The number of sulfone groups is 1. The zero-order chi connectivity index (χ0) is 21.1. The quantitative estimate of drug-likeness (QED) is 0.204. The van der Waals surface area contributed by atoms with Crippen molar-refractivity contribution in [2.45, 2.75) is 24.8 Å². The Morgan fingerprint density at radius 1 is 1.10 bits per heavy atom. The normalized spacial score (nSPS) is 11.5. The van der Waals surface area contributed by atoms with Gasteiger partial charge in [-0.1, -0.05) is 18.2 Å². The summed E-state index contributed by atoms with van der Waals surface area (Å²) < 4.78 is 33.9. The number of nitrogens with zero attached hydrogens (tertiary/aromatic N) is 1. The van der Waals surface area contributed by atoms with Gasteiger partial charge in [0.1, 0.15) is 5.75 Å². The number of hydrogen-bond donors (Lipinski definition) is 2. The Morgan fingerprint density at radius 2 is 1.83 bits per heavy atom. The minimum Gasteiger partial charge on any atom is -0.493 e. The molecule has 0 fully saturated rings. The van der Waals surface area contributed by atoms with E-state index in [0.29, 0.717) is 37.2 Å². The van der Waals surface area contributed by atoms with E-state index in [1.165, 1.54) is 6.26 Å². The van der Waals surface area contributed by atoms with Crippen LogP contribution < -0.4 is 15.4 Å². The third kappa shape index (κ3) is 9.31. The molecule has 0 amide bonds. The van der Waals surface area contributed by atoms with E-state index in [2.05, 4.69) is 15.6 Å². The largest absolute Gasteiger partial charge is 0.493 e. The zero-order valence-electron chi connectivity index (χ0n) is 17.6. The molecule has 0 aliphatic carbocycles. The van der Waals surface area contributed by atoms with Crippen molar-refractivity contribution in [3.05, 3.63) is 54.1 Å². The van der Waals surface area contributed by atoms with E-state index in [1.807, 2.05) is 31.2 Å². The Hall–Kier alpha value is -1.85. The van der Waals surface area contributed by atoms with Crippen LogP contribution in [0.5, 0.6) is 5.75 Å². The van der Waals surface area contributed by atoms with Crippen LogP contribution in [0.1, 0.15) is 18.9 Å². The maximum absolute atomic E-state index is 11.6. The van der Waals surface area contributed by atoms with Crippen molar-refractivity contribution in [2.24, 2.45) is 4.99 Å². The van der Waals surface area contributed by atoms with Gasteiger partial charge >= 0.3 is 0 Å². The summed E-state index contributed by atoms with van der Waals surface area (Å²) in [6.07, 6.45) is 2.03. The van der Waals surface area contributed by atoms with Crippen molar-refractivity contribution in [1.82, 2.24) is 5.32 Å². The second-order valence-corrected chi connectivity index (χ2v) is 8.47. The number of rotatable bonds is 10. The smallest absolute Gasteiger partial charge is 0.196 e. The number of halogens is 1. The van der Waals surface area contributed by atoms with Crippen LogP contribution in [0.2, 0.25) is 0 Å². The average molecular weight is 547 g/mol. The lowest BCUT2D eigenvalue weighted by Crippen LogP contribution is -2.30. The highest BCUT2D eigenvalue weighted by Gasteiger charge is 2.06. The Labute approximate surface area is 196 Å². The number of methoxy groups -OCH3 is 1. The molecule has 2 N–H and O–H groups in total. The van der Waals surface area contributed by atoms with Gasteiger partial charge in [-0.2, -0.15) is 0 Å². The van der Waals surface area contributed by atoms with Gasteiger partial charge in [0.15, 0.2) is 15.8 Å². The Morgan fingerprint density at radius 3 is 2.47 bits per heavy atom. The van der Waals surface area contributed by atoms with Crippen LogP contribution in [-0.2, 0) is 21.1 Å². The van der Waals surface area contributed by atoms with Crippen molar-refractivity contribution in [2.75, 3.05) is 38.4 Å². The van der Waals surface area contributed by atoms with Gasteiger partial charge in [0.2, 0.25) is 0 Å². The maximum Gasteiger partial charge on any atom is 0.196 e. The second-order valence-electron chi connectivity index (χ2n) is 6.46. The molecule has 0 spiro atoms. The number of ether oxygens (including phenoxy) is 2. The summed E-state index contributed by atoms with van der Waals surface area (Å²) in [5.74, 6) is 1.41. The van der Waals surface area contributed by atoms with E-state index >= 15 is 0 Å². The minimum absolute atomic E-state index is 0. The van der Waals surface area contributed by atoms with E-state index in [9.17, 15) is 8.42 Å². The lowest BCUT2D eigenvalue weighted by atomic mass is 10.2. The molecule has 0 aromatic heterocycles. The van der Waals surface area contributed by atoms with E-state index in [0.717, 1.165) is 23.4 Å². The fourth-order valence-corrected chi connectivity index (χ4v) is 3.14. The molecule has 2 aromatic carbocycles. The van der Waals surface area contributed by atoms with Gasteiger partial charge in [0.05, 0.1) is 18.0 Å². The molecule has 0 saturated carbocycles. The predicted molar refractivity (Wildman–Crippen MR) is 132 cm³/mol. The number of benzene rings is 2. The summed E-state index contributed by atoms with van der Waals surface area (Å²) in [5, 5.41) is 6.47. The number of hydrogen-bond acceptors (Lipinski definition) is 5. The van der Waals surface area contributed by atoms with Gasteiger partial charge in [-0.15, -0.1) is 24.0 Å². The van der Waals surface area contributed by atoms with Gasteiger partial charge in [-0.25, -0.2) is 13.4 Å². The standard InChI is InChI=1S/C21H29N3O4S.HI/c1-4-22-21(23-16-17-9-11-20(12-10-17)29(3,25)26)24-18-7-5-8-19(15-18)28-14-6-13-27-2;/h5,7-12,15H,4,6,13-14,16H2,1-3H3,(H2,22,23,24);1H. The first-order valence-electron chi connectivity index (χ1n) is 9.48. The molecule has 0 radical (unpaired) electrons. The van der Waals surface area contributed by atoms with Crippen LogP contribution in [-0.4, -0.2) is 47.5 Å². The number of aliphatic imine (C=N–C) groups is 1. The SMILES string of the molecule is CCNC(=NCc1ccc(S(C)(=O)=O)cc1)Nc1cccc(OCCCOC)c1.I. The van der Waals surface area contributed by atoms with E-state index < -0.39 is 9.84 Å². The van der Waals surface area contributed by atoms with E-state index in [1.54, 1.807) is 31.4 Å². The van der Waals surface area contributed by atoms with Crippen LogP contribution in [0.25, 0.3) is 0 Å². The molecule has 7 nitrogen and oxygen atoms in total. The molecular weight excluding hydrogens is 517 g/mol. The Bertz CT molecular complexity index is 903. The van der Waals surface area contributed by atoms with Crippen LogP contribution >= 0.6 is 24.0 Å². The Balaban J connectivity index is 0.00000450. The summed E-state index contributed by atoms with van der Waals surface area (Å²) in [4.78, 5) is 4.88. The number of anilines is 1. The lowest BCUT2D eigenvalue weighted by Gasteiger charge is -2.13. The fraction of sp³-hybridized carbons (Fsp3) is 0.381. The first-order chi connectivity index (χ1) is 13.9. The molecule has 0 atom stereocenters. The summed E-state index contributed by atoms with van der Waals surface area (Å²) in [6.45, 7) is 4.39. The van der Waals surface area contributed by atoms with Crippen molar-refractivity contribution in [3.63, 3.8) is 0 Å². The summed E-state index contributed by atoms with van der Waals surface area (Å²) in [6, 6.07) is 14.4. The van der Waals surface area contributed by atoms with Crippen LogP contribution in [0.3, 0.4) is 0 Å². The first-order valence-corrected chi connectivity index (χ1v) is 11.4. The number of nitrogens with one attached hydrogen (secondary N) is 2. The van der Waals surface area contributed by atoms with Crippen LogP contribution in [0, 0.1) is 0 Å². The van der Waals surface area contributed by atoms with Gasteiger partial charge in [-0.3, -0.25) is 0 Å². The van der Waals surface area contributed by atoms with Crippen molar-refractivity contribution >= 4 is 45.5 Å². The third-order valence-electron chi connectivity index (χ3n) is 3.97. The molecule has 2 rings (SSSR count). The van der Waals surface area contributed by atoms with Crippen LogP contribution in [0.4, 0.5) is 5.69 Å². The molecule has 0 saturated heterocycles. The van der Waals surface area contributed by atoms with E-state index in [4.69, 9.17) is 9.47 Å². The van der Waals surface area contributed by atoms with Crippen molar-refractivity contribution < 1.29 is 17.9 Å². The third-order valence-corrected chi connectivity index (χ3v) is 5.10. The molecule has 0 aliphatic rings. The molecule has 0 aliphatic heterocycles. The zero-order valence-corrected chi connectivity index (χ0v) is 20.7. The molecule has 166 valence electrons. The maximum atomic E-state index is 11.6. The first kappa shape index (κ1) is 26.2. The van der Waals surface area contributed by atoms with Gasteiger partial charge in [-0.05, 0) is 36.8 Å². The van der Waals surface area contributed by atoms with Gasteiger partial charge < -0.3 is 20.1 Å². The molecule has 0 heterocycles. The average Bonchev–Trinajstić information content (AvgIpc) is 2.70. The fourth-order valence-electron chi connectivity index (χ4n) is 2.51. The van der Waals surface area contributed by atoms with Gasteiger partial charge in [0.25, 0.3) is 0 Å². The summed E-state index contributed by atoms with van der Waals surface area (Å²) in [7, 11) is -1.52.